The lowest BCUT2D eigenvalue weighted by atomic mass is 10.1. The van der Waals surface area contributed by atoms with Gasteiger partial charge in [-0.2, -0.15) is 10.2 Å². The molecular weight excluding hydrogens is 256 g/mol. The van der Waals surface area contributed by atoms with Gasteiger partial charge in [-0.1, -0.05) is 0 Å². The molecule has 2 aromatic rings. The quantitative estimate of drug-likeness (QED) is 0.749. The second-order valence-corrected chi connectivity index (χ2v) is 4.68. The van der Waals surface area contributed by atoms with Gasteiger partial charge in [-0.15, -0.1) is 12.4 Å². The minimum atomic E-state index is -0.937. The zero-order valence-electron chi connectivity index (χ0n) is 10.7. The first-order chi connectivity index (χ1) is 7.80. The number of nitrogens with zero attached hydrogens (tertiary/aromatic N) is 3. The van der Waals surface area contributed by atoms with Crippen LogP contribution < -0.4 is 11.1 Å². The number of H-pyrrole nitrogens is 1. The first-order valence-electron chi connectivity index (χ1n) is 5.28. The summed E-state index contributed by atoms with van der Waals surface area (Å²) in [6.45, 7) is 5.15. The average Bonchev–Trinajstić information content (AvgIpc) is 2.70. The Morgan fingerprint density at radius 1 is 1.50 bits per heavy atom. The van der Waals surface area contributed by atoms with E-state index in [4.69, 9.17) is 5.73 Å². The molecule has 0 aliphatic rings. The Balaban J connectivity index is 0.00000162. The van der Waals surface area contributed by atoms with E-state index in [1.165, 1.54) is 0 Å². The van der Waals surface area contributed by atoms with Crippen LogP contribution in [0.3, 0.4) is 0 Å². The zero-order valence-corrected chi connectivity index (χ0v) is 11.6. The SMILES string of the molecule is Cc1nn(C)c2n[nH]c(NC(=O)C(C)(C)N)c12.Cl. The van der Waals surface area contributed by atoms with E-state index in [1.54, 1.807) is 25.6 Å². The molecular formula is C10H17ClN6O. The maximum atomic E-state index is 11.8. The minimum absolute atomic E-state index is 0. The third-order valence-electron chi connectivity index (χ3n) is 2.54. The van der Waals surface area contributed by atoms with Crippen LogP contribution in [0.15, 0.2) is 0 Å². The van der Waals surface area contributed by atoms with Gasteiger partial charge in [-0.05, 0) is 20.8 Å². The fourth-order valence-corrected chi connectivity index (χ4v) is 1.60. The first kappa shape index (κ1) is 14.5. The Morgan fingerprint density at radius 2 is 2.11 bits per heavy atom. The predicted molar refractivity (Wildman–Crippen MR) is 71.7 cm³/mol. The lowest BCUT2D eigenvalue weighted by Gasteiger charge is -2.16. The Kier molecular flexibility index (Phi) is 3.68. The number of carbonyl (C=O) groups is 1. The number of rotatable bonds is 2. The summed E-state index contributed by atoms with van der Waals surface area (Å²) >= 11 is 0. The van der Waals surface area contributed by atoms with Crippen LogP contribution in [0.2, 0.25) is 0 Å². The fraction of sp³-hybridized carbons (Fsp3) is 0.500. The highest BCUT2D eigenvalue weighted by molar-refractivity contribution is 6.03. The van der Waals surface area contributed by atoms with E-state index < -0.39 is 5.54 Å². The van der Waals surface area contributed by atoms with Gasteiger partial charge in [0.25, 0.3) is 0 Å². The number of nitrogens with one attached hydrogen (secondary N) is 2. The van der Waals surface area contributed by atoms with Gasteiger partial charge >= 0.3 is 0 Å². The highest BCUT2D eigenvalue weighted by Gasteiger charge is 2.24. The van der Waals surface area contributed by atoms with Gasteiger partial charge in [-0.3, -0.25) is 9.89 Å². The molecule has 0 saturated heterocycles. The van der Waals surface area contributed by atoms with E-state index in [9.17, 15) is 4.79 Å². The molecule has 0 fully saturated rings. The van der Waals surface area contributed by atoms with Gasteiger partial charge in [0.15, 0.2) is 5.65 Å². The van der Waals surface area contributed by atoms with Crippen molar-refractivity contribution in [2.45, 2.75) is 26.3 Å². The van der Waals surface area contributed by atoms with Crippen LogP contribution >= 0.6 is 12.4 Å². The molecule has 0 saturated carbocycles. The van der Waals surface area contributed by atoms with Crippen molar-refractivity contribution < 1.29 is 4.79 Å². The molecule has 2 aromatic heterocycles. The van der Waals surface area contributed by atoms with Crippen molar-refractivity contribution in [1.29, 1.82) is 0 Å². The van der Waals surface area contributed by atoms with Gasteiger partial charge in [0.2, 0.25) is 5.91 Å². The van der Waals surface area contributed by atoms with E-state index in [0.29, 0.717) is 11.5 Å². The molecule has 8 heteroatoms. The van der Waals surface area contributed by atoms with E-state index in [1.807, 2.05) is 6.92 Å². The number of fused-ring (bicyclic) bond motifs is 1. The summed E-state index contributed by atoms with van der Waals surface area (Å²) in [6.07, 6.45) is 0. The van der Waals surface area contributed by atoms with Gasteiger partial charge in [0.1, 0.15) is 5.82 Å². The van der Waals surface area contributed by atoms with Gasteiger partial charge in [0.05, 0.1) is 16.6 Å². The molecule has 0 atom stereocenters. The van der Waals surface area contributed by atoms with Crippen LogP contribution in [0, 0.1) is 6.92 Å². The van der Waals surface area contributed by atoms with Crippen LogP contribution in [0.4, 0.5) is 5.82 Å². The molecule has 0 bridgehead atoms. The van der Waals surface area contributed by atoms with Crippen LogP contribution in [0.25, 0.3) is 11.0 Å². The highest BCUT2D eigenvalue weighted by atomic mass is 35.5. The summed E-state index contributed by atoms with van der Waals surface area (Å²) in [5, 5.41) is 14.6. The van der Waals surface area contributed by atoms with Crippen molar-refractivity contribution in [3.63, 3.8) is 0 Å². The van der Waals surface area contributed by atoms with Crippen molar-refractivity contribution in [1.82, 2.24) is 20.0 Å². The number of anilines is 1. The van der Waals surface area contributed by atoms with Gasteiger partial charge in [-0.25, -0.2) is 4.68 Å². The van der Waals surface area contributed by atoms with Gasteiger partial charge < -0.3 is 11.1 Å². The van der Waals surface area contributed by atoms with Crippen molar-refractivity contribution >= 4 is 35.2 Å². The average molecular weight is 273 g/mol. The van der Waals surface area contributed by atoms with Gasteiger partial charge in [0, 0.05) is 7.05 Å². The lowest BCUT2D eigenvalue weighted by molar-refractivity contribution is -0.120. The maximum absolute atomic E-state index is 11.8. The molecule has 0 aliphatic carbocycles. The molecule has 0 aliphatic heterocycles. The molecule has 0 spiro atoms. The highest BCUT2D eigenvalue weighted by Crippen LogP contribution is 2.23. The third kappa shape index (κ3) is 2.32. The molecule has 100 valence electrons. The summed E-state index contributed by atoms with van der Waals surface area (Å²) < 4.78 is 1.66. The van der Waals surface area contributed by atoms with E-state index in [2.05, 4.69) is 20.6 Å². The van der Waals surface area contributed by atoms with Crippen molar-refractivity contribution in [3.8, 4) is 0 Å². The van der Waals surface area contributed by atoms with Crippen molar-refractivity contribution in [2.75, 3.05) is 5.32 Å². The monoisotopic (exact) mass is 272 g/mol. The Morgan fingerprint density at radius 3 is 2.67 bits per heavy atom. The topological polar surface area (TPSA) is 102 Å². The molecule has 2 rings (SSSR count). The van der Waals surface area contributed by atoms with E-state index >= 15 is 0 Å². The van der Waals surface area contributed by atoms with Crippen LogP contribution in [-0.4, -0.2) is 31.4 Å². The molecule has 2 heterocycles. The number of halogens is 1. The number of aryl methyl sites for hydroxylation is 2. The number of nitrogens with two attached hydrogens (primary N) is 1. The smallest absolute Gasteiger partial charge is 0.245 e. The van der Waals surface area contributed by atoms with Crippen molar-refractivity contribution in [3.05, 3.63) is 5.69 Å². The minimum Gasteiger partial charge on any atom is -0.318 e. The van der Waals surface area contributed by atoms with E-state index in [-0.39, 0.29) is 18.3 Å². The number of aromatic nitrogens is 4. The van der Waals surface area contributed by atoms with Crippen LogP contribution in [0.5, 0.6) is 0 Å². The zero-order chi connectivity index (χ0) is 12.8. The second kappa shape index (κ2) is 4.58. The molecule has 18 heavy (non-hydrogen) atoms. The standard InChI is InChI=1S/C10H16N6O.ClH/c1-5-6-7(12-9(17)10(2,3)11)13-14-8(6)16(4)15-5;/h11H2,1-4H3,(H2,12,13,14,17);1H. The van der Waals surface area contributed by atoms with E-state index in [0.717, 1.165) is 11.1 Å². The molecule has 7 nitrogen and oxygen atoms in total. The number of carbonyl (C=O) groups excluding carboxylic acids is 1. The number of amides is 1. The molecule has 0 aromatic carbocycles. The van der Waals surface area contributed by atoms with Crippen LogP contribution in [0.1, 0.15) is 19.5 Å². The number of hydrogen-bond acceptors (Lipinski definition) is 4. The molecule has 0 radical (unpaired) electrons. The summed E-state index contributed by atoms with van der Waals surface area (Å²) in [7, 11) is 1.80. The summed E-state index contributed by atoms with van der Waals surface area (Å²) in [5.41, 5.74) is 6.29. The second-order valence-electron chi connectivity index (χ2n) is 4.68. The summed E-state index contributed by atoms with van der Waals surface area (Å²) in [6, 6.07) is 0. The normalized spacial score (nSPS) is 11.4. The third-order valence-corrected chi connectivity index (χ3v) is 2.54. The molecule has 1 amide bonds. The largest absolute Gasteiger partial charge is 0.318 e. The fourth-order valence-electron chi connectivity index (χ4n) is 1.60. The number of hydrogen-bond donors (Lipinski definition) is 3. The summed E-state index contributed by atoms with van der Waals surface area (Å²) in [4.78, 5) is 11.8. The first-order valence-corrected chi connectivity index (χ1v) is 5.28. The summed E-state index contributed by atoms with van der Waals surface area (Å²) in [5.74, 6) is 0.264. The number of aromatic amines is 1. The molecule has 0 unspecified atom stereocenters. The Hall–Kier alpha value is -1.60. The van der Waals surface area contributed by atoms with Crippen molar-refractivity contribution in [2.24, 2.45) is 12.8 Å². The molecule has 4 N–H and O–H groups in total. The Labute approximate surface area is 111 Å². The van der Waals surface area contributed by atoms with Crippen LogP contribution in [-0.2, 0) is 11.8 Å². The Bertz CT molecular complexity index is 579. The predicted octanol–water partition coefficient (Wildman–Crippen LogP) is 0.702. The maximum Gasteiger partial charge on any atom is 0.245 e. The lowest BCUT2D eigenvalue weighted by Crippen LogP contribution is -2.45.